The molecule has 1 saturated heterocycles. The Balaban J connectivity index is 0.00000462. The van der Waals surface area contributed by atoms with Crippen LogP contribution >= 0.6 is 12.4 Å². The number of sulfonamides is 1. The average molecular weight is 609 g/mol. The molecule has 4 rings (SSSR count). The SMILES string of the molecule is Cl.NN=CN1CCC(CNC(=O)C[C@H](NS(=O)(=O)c2ccc3ccccc3c2)C(=O)N(CCC(=O)O)C2CC2)CC1. The number of carboxylic acids is 1. The van der Waals surface area contributed by atoms with Crippen LogP contribution in [-0.4, -0.2) is 85.7 Å². The molecule has 2 aromatic carbocycles. The number of carbonyl (C=O) groups is 3. The summed E-state index contributed by atoms with van der Waals surface area (Å²) in [4.78, 5) is 41.1. The lowest BCUT2D eigenvalue weighted by Gasteiger charge is -2.30. The zero-order valence-electron chi connectivity index (χ0n) is 22.6. The lowest BCUT2D eigenvalue weighted by molar-refractivity contribution is -0.140. The van der Waals surface area contributed by atoms with Crippen molar-refractivity contribution < 1.29 is 27.9 Å². The predicted octanol–water partition coefficient (Wildman–Crippen LogP) is 1.49. The van der Waals surface area contributed by atoms with Gasteiger partial charge in [-0.15, -0.1) is 12.4 Å². The minimum Gasteiger partial charge on any atom is -0.481 e. The first-order valence-corrected chi connectivity index (χ1v) is 14.9. The van der Waals surface area contributed by atoms with Crippen molar-refractivity contribution in [2.75, 3.05) is 26.2 Å². The van der Waals surface area contributed by atoms with Crippen molar-refractivity contribution in [2.24, 2.45) is 16.9 Å². The number of amides is 2. The normalized spacial score (nSPS) is 16.7. The molecule has 5 N–H and O–H groups in total. The van der Waals surface area contributed by atoms with Gasteiger partial charge in [-0.3, -0.25) is 14.4 Å². The van der Waals surface area contributed by atoms with E-state index in [1.165, 1.54) is 17.0 Å². The van der Waals surface area contributed by atoms with Gasteiger partial charge in [-0.1, -0.05) is 30.3 Å². The molecule has 2 amide bonds. The molecule has 2 aromatic rings. The lowest BCUT2D eigenvalue weighted by Crippen LogP contribution is -2.51. The van der Waals surface area contributed by atoms with E-state index >= 15 is 0 Å². The second-order valence-corrected chi connectivity index (χ2v) is 12.1. The Morgan fingerprint density at radius 1 is 1.10 bits per heavy atom. The van der Waals surface area contributed by atoms with E-state index in [2.05, 4.69) is 15.1 Å². The minimum atomic E-state index is -4.18. The van der Waals surface area contributed by atoms with Gasteiger partial charge in [-0.2, -0.15) is 9.82 Å². The van der Waals surface area contributed by atoms with Gasteiger partial charge in [0.05, 0.1) is 17.7 Å². The molecule has 1 atom stereocenters. The summed E-state index contributed by atoms with van der Waals surface area (Å²) in [6.07, 6.45) is 3.97. The molecule has 1 aliphatic heterocycles. The Morgan fingerprint density at radius 3 is 2.41 bits per heavy atom. The number of hydrazone groups is 1. The molecular formula is C27H37ClN6O6S. The van der Waals surface area contributed by atoms with Crippen LogP contribution in [0.4, 0.5) is 0 Å². The van der Waals surface area contributed by atoms with Crippen LogP contribution in [0, 0.1) is 5.92 Å². The van der Waals surface area contributed by atoms with Gasteiger partial charge in [-0.05, 0) is 54.5 Å². The van der Waals surface area contributed by atoms with Crippen molar-refractivity contribution in [3.05, 3.63) is 42.5 Å². The summed E-state index contributed by atoms with van der Waals surface area (Å²) in [5.41, 5.74) is 0. The summed E-state index contributed by atoms with van der Waals surface area (Å²) >= 11 is 0. The third-order valence-electron chi connectivity index (χ3n) is 7.32. The highest BCUT2D eigenvalue weighted by Crippen LogP contribution is 2.28. The number of carbonyl (C=O) groups excluding carboxylic acids is 2. The molecule has 2 fully saturated rings. The molecular weight excluding hydrogens is 572 g/mol. The molecule has 0 unspecified atom stereocenters. The Morgan fingerprint density at radius 2 is 1.78 bits per heavy atom. The van der Waals surface area contributed by atoms with E-state index in [1.54, 1.807) is 24.5 Å². The van der Waals surface area contributed by atoms with Gasteiger partial charge in [0.15, 0.2) is 0 Å². The predicted molar refractivity (Wildman–Crippen MR) is 157 cm³/mol. The molecule has 2 aliphatic rings. The van der Waals surface area contributed by atoms with Crippen LogP contribution in [0.25, 0.3) is 10.8 Å². The molecule has 12 nitrogen and oxygen atoms in total. The highest BCUT2D eigenvalue weighted by Gasteiger charge is 2.38. The van der Waals surface area contributed by atoms with E-state index in [1.807, 2.05) is 17.0 Å². The number of aliphatic carboxylic acids is 1. The van der Waals surface area contributed by atoms with E-state index in [0.717, 1.165) is 36.7 Å². The van der Waals surface area contributed by atoms with Gasteiger partial charge in [0.25, 0.3) is 0 Å². The van der Waals surface area contributed by atoms with Crippen LogP contribution in [0.5, 0.6) is 0 Å². The average Bonchev–Trinajstić information content (AvgIpc) is 3.77. The number of fused-ring (bicyclic) bond motifs is 1. The van der Waals surface area contributed by atoms with Crippen LogP contribution in [-0.2, 0) is 24.4 Å². The number of carboxylic acid groups (broad SMARTS) is 1. The number of nitrogens with two attached hydrogens (primary N) is 1. The van der Waals surface area contributed by atoms with Crippen molar-refractivity contribution in [2.45, 2.75) is 55.5 Å². The maximum absolute atomic E-state index is 13.6. The van der Waals surface area contributed by atoms with Crippen LogP contribution in [0.1, 0.15) is 38.5 Å². The molecule has 0 bridgehead atoms. The molecule has 224 valence electrons. The molecule has 0 aromatic heterocycles. The summed E-state index contributed by atoms with van der Waals surface area (Å²) in [5.74, 6) is 3.32. The van der Waals surface area contributed by atoms with Crippen molar-refractivity contribution in [3.8, 4) is 0 Å². The summed E-state index contributed by atoms with van der Waals surface area (Å²) in [6.45, 7) is 1.86. The molecule has 41 heavy (non-hydrogen) atoms. The quantitative estimate of drug-likeness (QED) is 0.114. The van der Waals surface area contributed by atoms with E-state index in [9.17, 15) is 22.8 Å². The number of hydrogen-bond donors (Lipinski definition) is 4. The van der Waals surface area contributed by atoms with Gasteiger partial charge < -0.3 is 26.1 Å². The van der Waals surface area contributed by atoms with Gasteiger partial charge in [0, 0.05) is 32.2 Å². The first kappa shape index (κ1) is 32.1. The summed E-state index contributed by atoms with van der Waals surface area (Å²) < 4.78 is 29.3. The first-order chi connectivity index (χ1) is 19.2. The number of rotatable bonds is 13. The fraction of sp³-hybridized carbons (Fsp3) is 0.481. The fourth-order valence-electron chi connectivity index (χ4n) is 4.93. The van der Waals surface area contributed by atoms with Crippen LogP contribution in [0.3, 0.4) is 0 Å². The number of likely N-dealkylation sites (tertiary alicyclic amines) is 1. The summed E-state index contributed by atoms with van der Waals surface area (Å²) in [6, 6.07) is 10.4. The first-order valence-electron chi connectivity index (χ1n) is 13.4. The van der Waals surface area contributed by atoms with E-state index in [-0.39, 0.29) is 42.2 Å². The Kier molecular flexibility index (Phi) is 11.3. The van der Waals surface area contributed by atoms with E-state index in [0.29, 0.717) is 19.4 Å². The van der Waals surface area contributed by atoms with Gasteiger partial charge in [0.1, 0.15) is 12.4 Å². The maximum atomic E-state index is 13.6. The Bertz CT molecular complexity index is 1360. The fourth-order valence-corrected chi connectivity index (χ4v) is 6.15. The number of piperidine rings is 1. The number of halogens is 1. The van der Waals surface area contributed by atoms with Crippen LogP contribution in [0.2, 0.25) is 0 Å². The standard InChI is InChI=1S/C27H36N6O6S.ClH/c28-30-18-32-12-9-19(10-13-32)17-29-25(34)16-24(27(37)33(22-6-7-22)14-11-26(35)36)31-40(38,39)23-8-5-20-3-1-2-4-21(20)15-23;/h1-5,8,15,18-19,22,24,31H,6-7,9-14,16-17,28H2,(H,29,34)(H,35,36);1H/t24-;/m0./s1. The zero-order chi connectivity index (χ0) is 28.7. The molecule has 14 heteroatoms. The summed E-state index contributed by atoms with van der Waals surface area (Å²) in [5, 5.41) is 17.1. The zero-order valence-corrected chi connectivity index (χ0v) is 24.3. The molecule has 1 saturated carbocycles. The Labute approximate surface area is 245 Å². The number of nitrogens with one attached hydrogen (secondary N) is 2. The molecule has 0 spiro atoms. The van der Waals surface area contributed by atoms with Crippen molar-refractivity contribution in [1.29, 1.82) is 0 Å². The monoisotopic (exact) mass is 608 g/mol. The third-order valence-corrected chi connectivity index (χ3v) is 8.79. The minimum absolute atomic E-state index is 0. The maximum Gasteiger partial charge on any atom is 0.305 e. The van der Waals surface area contributed by atoms with Crippen molar-refractivity contribution in [1.82, 2.24) is 19.8 Å². The largest absolute Gasteiger partial charge is 0.481 e. The van der Waals surface area contributed by atoms with Gasteiger partial charge in [0.2, 0.25) is 21.8 Å². The highest BCUT2D eigenvalue weighted by molar-refractivity contribution is 7.89. The molecule has 0 radical (unpaired) electrons. The second-order valence-electron chi connectivity index (χ2n) is 10.3. The second kappa shape index (κ2) is 14.5. The number of benzene rings is 2. The topological polar surface area (TPSA) is 174 Å². The van der Waals surface area contributed by atoms with Gasteiger partial charge >= 0.3 is 5.97 Å². The van der Waals surface area contributed by atoms with Crippen molar-refractivity contribution >= 4 is 57.3 Å². The van der Waals surface area contributed by atoms with E-state index in [4.69, 9.17) is 10.9 Å². The van der Waals surface area contributed by atoms with Gasteiger partial charge in [-0.25, -0.2) is 8.42 Å². The summed E-state index contributed by atoms with van der Waals surface area (Å²) in [7, 11) is -4.18. The van der Waals surface area contributed by atoms with Crippen molar-refractivity contribution in [3.63, 3.8) is 0 Å². The lowest BCUT2D eigenvalue weighted by atomic mass is 9.97. The smallest absolute Gasteiger partial charge is 0.305 e. The molecule has 1 heterocycles. The highest BCUT2D eigenvalue weighted by atomic mass is 35.5. The number of nitrogens with zero attached hydrogens (tertiary/aromatic N) is 3. The van der Waals surface area contributed by atoms with E-state index < -0.39 is 40.3 Å². The Hall–Kier alpha value is -3.42. The van der Waals surface area contributed by atoms with Crippen LogP contribution in [0.15, 0.2) is 52.5 Å². The number of hydrogen-bond acceptors (Lipinski definition) is 7. The molecule has 1 aliphatic carbocycles. The van der Waals surface area contributed by atoms with Crippen LogP contribution < -0.4 is 15.9 Å². The third kappa shape index (κ3) is 9.03.